The van der Waals surface area contributed by atoms with E-state index in [1.165, 1.54) is 0 Å². The molecule has 3 aromatic rings. The van der Waals surface area contributed by atoms with Crippen molar-refractivity contribution in [3.05, 3.63) is 83.6 Å². The van der Waals surface area contributed by atoms with Crippen molar-refractivity contribution in [3.63, 3.8) is 0 Å². The number of aromatic nitrogens is 1. The number of ketones is 1. The predicted molar refractivity (Wildman–Crippen MR) is 80.8 cm³/mol. The molecular formula is C18H15NO. The number of H-pyrrole nitrogens is 1. The summed E-state index contributed by atoms with van der Waals surface area (Å²) in [4.78, 5) is 15.9. The minimum Gasteiger partial charge on any atom is -0.358 e. The summed E-state index contributed by atoms with van der Waals surface area (Å²) in [7, 11) is 0. The predicted octanol–water partition coefficient (Wildman–Crippen LogP) is 4.22. The number of benzene rings is 2. The number of carbonyl (C=O) groups is 1. The summed E-state index contributed by atoms with van der Waals surface area (Å²) in [6, 6.07) is 21.2. The van der Waals surface area contributed by atoms with Crippen molar-refractivity contribution < 1.29 is 4.79 Å². The van der Waals surface area contributed by atoms with Crippen molar-refractivity contribution in [2.24, 2.45) is 0 Å². The third kappa shape index (κ3) is 2.28. The number of hydrogen-bond acceptors (Lipinski definition) is 1. The molecule has 0 aliphatic carbocycles. The summed E-state index contributed by atoms with van der Waals surface area (Å²) < 4.78 is 0. The fraction of sp³-hybridized carbons (Fsp3) is 0.0556. The minimum atomic E-state index is 0.0498. The largest absolute Gasteiger partial charge is 0.358 e. The van der Waals surface area contributed by atoms with Gasteiger partial charge in [0.05, 0.1) is 5.69 Å². The van der Waals surface area contributed by atoms with Crippen LogP contribution in [0.2, 0.25) is 0 Å². The summed E-state index contributed by atoms with van der Waals surface area (Å²) in [6.45, 7) is 1.97. The van der Waals surface area contributed by atoms with Crippen LogP contribution < -0.4 is 0 Å². The van der Waals surface area contributed by atoms with Crippen LogP contribution in [0.4, 0.5) is 0 Å². The lowest BCUT2D eigenvalue weighted by atomic mass is 10.00. The zero-order valence-electron chi connectivity index (χ0n) is 11.3. The van der Waals surface area contributed by atoms with Crippen molar-refractivity contribution in [1.29, 1.82) is 0 Å². The quantitative estimate of drug-likeness (QED) is 0.703. The van der Waals surface area contributed by atoms with Crippen LogP contribution in [0.15, 0.2) is 66.7 Å². The molecule has 0 aliphatic rings. The van der Waals surface area contributed by atoms with E-state index in [0.717, 1.165) is 22.5 Å². The molecule has 1 heterocycles. The van der Waals surface area contributed by atoms with Crippen LogP contribution in [0.25, 0.3) is 11.3 Å². The van der Waals surface area contributed by atoms with Crippen molar-refractivity contribution in [2.75, 3.05) is 0 Å². The molecule has 0 saturated heterocycles. The van der Waals surface area contributed by atoms with Gasteiger partial charge in [0.2, 0.25) is 0 Å². The molecule has 2 aromatic carbocycles. The minimum absolute atomic E-state index is 0.0498. The van der Waals surface area contributed by atoms with E-state index < -0.39 is 0 Å². The van der Waals surface area contributed by atoms with Crippen LogP contribution in [0.1, 0.15) is 21.6 Å². The van der Waals surface area contributed by atoms with E-state index in [9.17, 15) is 4.79 Å². The molecule has 3 rings (SSSR count). The first kappa shape index (κ1) is 12.4. The second-order valence-corrected chi connectivity index (χ2v) is 4.80. The van der Waals surface area contributed by atoms with E-state index in [0.29, 0.717) is 5.56 Å². The zero-order chi connectivity index (χ0) is 13.9. The van der Waals surface area contributed by atoms with Crippen molar-refractivity contribution in [3.8, 4) is 11.3 Å². The smallest absolute Gasteiger partial charge is 0.195 e. The lowest BCUT2D eigenvalue weighted by Crippen LogP contribution is -2.01. The molecule has 2 heteroatoms. The highest BCUT2D eigenvalue weighted by Gasteiger charge is 2.16. The zero-order valence-corrected chi connectivity index (χ0v) is 11.3. The number of aryl methyl sites for hydroxylation is 1. The van der Waals surface area contributed by atoms with Gasteiger partial charge in [0.1, 0.15) is 0 Å². The van der Waals surface area contributed by atoms with E-state index in [-0.39, 0.29) is 5.78 Å². The molecule has 1 N–H and O–H groups in total. The van der Waals surface area contributed by atoms with Crippen molar-refractivity contribution >= 4 is 5.78 Å². The Labute approximate surface area is 118 Å². The Hall–Kier alpha value is -2.61. The first-order chi connectivity index (χ1) is 9.75. The molecule has 0 aliphatic heterocycles. The van der Waals surface area contributed by atoms with Crippen molar-refractivity contribution in [1.82, 2.24) is 4.98 Å². The van der Waals surface area contributed by atoms with Crippen molar-refractivity contribution in [2.45, 2.75) is 6.92 Å². The van der Waals surface area contributed by atoms with Crippen LogP contribution in [0.3, 0.4) is 0 Å². The SMILES string of the molecule is Cc1cc(C(=O)c2ccccc2)c(-c2ccccc2)[nH]1. The van der Waals surface area contributed by atoms with Gasteiger partial charge in [-0.1, -0.05) is 60.7 Å². The van der Waals surface area contributed by atoms with E-state index in [4.69, 9.17) is 0 Å². The Morgan fingerprint density at radius 1 is 0.900 bits per heavy atom. The molecule has 2 nitrogen and oxygen atoms in total. The number of rotatable bonds is 3. The summed E-state index contributed by atoms with van der Waals surface area (Å²) in [5.74, 6) is 0.0498. The maximum absolute atomic E-state index is 12.6. The summed E-state index contributed by atoms with van der Waals surface area (Å²) in [5.41, 5.74) is 4.34. The second kappa shape index (κ2) is 5.17. The first-order valence-corrected chi connectivity index (χ1v) is 6.60. The third-order valence-corrected chi connectivity index (χ3v) is 3.30. The normalized spacial score (nSPS) is 10.4. The van der Waals surface area contributed by atoms with Gasteiger partial charge in [0, 0.05) is 16.8 Å². The third-order valence-electron chi connectivity index (χ3n) is 3.30. The summed E-state index contributed by atoms with van der Waals surface area (Å²) in [6.07, 6.45) is 0. The molecule has 0 amide bonds. The van der Waals surface area contributed by atoms with Gasteiger partial charge in [0.25, 0.3) is 0 Å². The van der Waals surface area contributed by atoms with Gasteiger partial charge >= 0.3 is 0 Å². The molecule has 0 saturated carbocycles. The number of hydrogen-bond donors (Lipinski definition) is 1. The highest BCUT2D eigenvalue weighted by molar-refractivity contribution is 6.12. The molecule has 0 atom stereocenters. The van der Waals surface area contributed by atoms with E-state index in [1.54, 1.807) is 0 Å². The fourth-order valence-corrected chi connectivity index (χ4v) is 2.35. The molecule has 0 fully saturated rings. The van der Waals surface area contributed by atoms with Crippen LogP contribution >= 0.6 is 0 Å². The molecule has 0 unspecified atom stereocenters. The molecule has 0 radical (unpaired) electrons. The molecule has 0 bridgehead atoms. The number of carbonyl (C=O) groups excluding carboxylic acids is 1. The highest BCUT2D eigenvalue weighted by Crippen LogP contribution is 2.25. The lowest BCUT2D eigenvalue weighted by molar-refractivity contribution is 0.103. The van der Waals surface area contributed by atoms with E-state index >= 15 is 0 Å². The molecule has 20 heavy (non-hydrogen) atoms. The lowest BCUT2D eigenvalue weighted by Gasteiger charge is -2.04. The molecular weight excluding hydrogens is 246 g/mol. The van der Waals surface area contributed by atoms with Gasteiger partial charge in [0.15, 0.2) is 5.78 Å². The fourth-order valence-electron chi connectivity index (χ4n) is 2.35. The maximum Gasteiger partial charge on any atom is 0.195 e. The van der Waals surface area contributed by atoms with Crippen LogP contribution in [0.5, 0.6) is 0 Å². The Balaban J connectivity index is 2.09. The second-order valence-electron chi connectivity index (χ2n) is 4.80. The number of aromatic amines is 1. The van der Waals surface area contributed by atoms with E-state index in [1.807, 2.05) is 73.7 Å². The topological polar surface area (TPSA) is 32.9 Å². The maximum atomic E-state index is 12.6. The highest BCUT2D eigenvalue weighted by atomic mass is 16.1. The van der Waals surface area contributed by atoms with Crippen LogP contribution in [-0.2, 0) is 0 Å². The van der Waals surface area contributed by atoms with Crippen LogP contribution in [-0.4, -0.2) is 10.8 Å². The Bertz CT molecular complexity index is 727. The summed E-state index contributed by atoms with van der Waals surface area (Å²) >= 11 is 0. The Morgan fingerprint density at radius 2 is 1.50 bits per heavy atom. The van der Waals surface area contributed by atoms with Crippen LogP contribution in [0, 0.1) is 6.92 Å². The average Bonchev–Trinajstić information content (AvgIpc) is 2.90. The van der Waals surface area contributed by atoms with E-state index in [2.05, 4.69) is 4.98 Å². The van der Waals surface area contributed by atoms with Gasteiger partial charge in [-0.15, -0.1) is 0 Å². The monoisotopic (exact) mass is 261 g/mol. The van der Waals surface area contributed by atoms with Gasteiger partial charge in [-0.25, -0.2) is 0 Å². The van der Waals surface area contributed by atoms with Gasteiger partial charge in [-0.2, -0.15) is 0 Å². The van der Waals surface area contributed by atoms with Gasteiger partial charge in [-0.3, -0.25) is 4.79 Å². The Kier molecular flexibility index (Phi) is 3.21. The molecule has 0 spiro atoms. The molecule has 98 valence electrons. The molecule has 1 aromatic heterocycles. The first-order valence-electron chi connectivity index (χ1n) is 6.60. The average molecular weight is 261 g/mol. The number of nitrogens with one attached hydrogen (secondary N) is 1. The Morgan fingerprint density at radius 3 is 2.15 bits per heavy atom. The standard InChI is InChI=1S/C18H15NO/c1-13-12-16(18(20)15-10-6-3-7-11-15)17(19-13)14-8-4-2-5-9-14/h2-12,19H,1H3. The summed E-state index contributed by atoms with van der Waals surface area (Å²) in [5, 5.41) is 0. The van der Waals surface area contributed by atoms with Gasteiger partial charge < -0.3 is 4.98 Å². The van der Waals surface area contributed by atoms with Gasteiger partial charge in [-0.05, 0) is 18.6 Å².